The summed E-state index contributed by atoms with van der Waals surface area (Å²) in [5.74, 6) is 0.776. The maximum absolute atomic E-state index is 12.8. The normalized spacial score (nSPS) is 17.0. The Hall–Kier alpha value is -2.96. The first kappa shape index (κ1) is 15.6. The highest BCUT2D eigenvalue weighted by Crippen LogP contribution is 2.24. The van der Waals surface area contributed by atoms with Gasteiger partial charge in [-0.05, 0) is 36.2 Å². The van der Waals surface area contributed by atoms with Crippen LogP contribution < -0.4 is 10.2 Å². The van der Waals surface area contributed by atoms with Crippen LogP contribution in [-0.4, -0.2) is 52.9 Å². The van der Waals surface area contributed by atoms with E-state index in [-0.39, 0.29) is 11.8 Å². The van der Waals surface area contributed by atoms with Gasteiger partial charge in [-0.25, -0.2) is 9.97 Å². The van der Waals surface area contributed by atoms with Gasteiger partial charge in [-0.3, -0.25) is 9.59 Å². The lowest BCUT2D eigenvalue weighted by molar-refractivity contribution is -0.116. The van der Waals surface area contributed by atoms with Crippen molar-refractivity contribution in [2.45, 2.75) is 12.8 Å². The number of carbonyl (C=O) groups excluding carboxylic acids is 2. The van der Waals surface area contributed by atoms with Crippen LogP contribution in [-0.2, 0) is 11.2 Å². The molecular weight excluding hydrogens is 318 g/mol. The van der Waals surface area contributed by atoms with Crippen LogP contribution in [0.5, 0.6) is 0 Å². The highest BCUT2D eigenvalue weighted by Gasteiger charge is 2.24. The average molecular weight is 337 g/mol. The quantitative estimate of drug-likeness (QED) is 0.894. The van der Waals surface area contributed by atoms with Crippen molar-refractivity contribution in [3.8, 4) is 0 Å². The van der Waals surface area contributed by atoms with E-state index in [1.165, 1.54) is 0 Å². The number of piperazine rings is 1. The van der Waals surface area contributed by atoms with Crippen molar-refractivity contribution in [1.29, 1.82) is 0 Å². The molecule has 0 aliphatic carbocycles. The molecule has 25 heavy (non-hydrogen) atoms. The molecule has 1 aromatic heterocycles. The van der Waals surface area contributed by atoms with Crippen molar-refractivity contribution in [3.63, 3.8) is 0 Å². The molecule has 0 unspecified atom stereocenters. The monoisotopic (exact) mass is 337 g/mol. The van der Waals surface area contributed by atoms with Gasteiger partial charge in [0, 0.05) is 56.2 Å². The fraction of sp³-hybridized carbons (Fsp3) is 0.333. The summed E-state index contributed by atoms with van der Waals surface area (Å²) in [5.41, 5.74) is 2.53. The molecule has 0 spiro atoms. The van der Waals surface area contributed by atoms with E-state index in [2.05, 4.69) is 20.2 Å². The molecule has 1 aromatic carbocycles. The summed E-state index contributed by atoms with van der Waals surface area (Å²) >= 11 is 0. The summed E-state index contributed by atoms with van der Waals surface area (Å²) in [6.07, 6.45) is 4.61. The second-order valence-corrected chi connectivity index (χ2v) is 6.25. The van der Waals surface area contributed by atoms with Crippen molar-refractivity contribution in [1.82, 2.24) is 14.9 Å². The lowest BCUT2D eigenvalue weighted by Gasteiger charge is -2.34. The number of hydrogen-bond acceptors (Lipinski definition) is 5. The Morgan fingerprint density at radius 2 is 1.80 bits per heavy atom. The van der Waals surface area contributed by atoms with Gasteiger partial charge in [0.15, 0.2) is 0 Å². The Morgan fingerprint density at radius 1 is 1.04 bits per heavy atom. The number of rotatable bonds is 2. The summed E-state index contributed by atoms with van der Waals surface area (Å²) in [6.45, 7) is 2.73. The Kier molecular flexibility index (Phi) is 4.05. The fourth-order valence-corrected chi connectivity index (χ4v) is 3.26. The number of nitrogens with zero attached hydrogens (tertiary/aromatic N) is 4. The van der Waals surface area contributed by atoms with Gasteiger partial charge in [0.1, 0.15) is 0 Å². The fourth-order valence-electron chi connectivity index (χ4n) is 3.26. The third-order valence-electron chi connectivity index (χ3n) is 4.65. The number of carbonyl (C=O) groups is 2. The van der Waals surface area contributed by atoms with Crippen LogP contribution in [0.3, 0.4) is 0 Å². The van der Waals surface area contributed by atoms with Gasteiger partial charge in [0.25, 0.3) is 5.91 Å². The first-order valence-electron chi connectivity index (χ1n) is 8.45. The molecule has 1 saturated heterocycles. The molecule has 128 valence electrons. The first-order valence-corrected chi connectivity index (χ1v) is 8.45. The zero-order valence-electron chi connectivity index (χ0n) is 13.8. The van der Waals surface area contributed by atoms with Crippen molar-refractivity contribution in [3.05, 3.63) is 47.8 Å². The van der Waals surface area contributed by atoms with Crippen LogP contribution in [0.1, 0.15) is 22.3 Å². The molecule has 2 amide bonds. The molecule has 4 rings (SSSR count). The van der Waals surface area contributed by atoms with E-state index in [1.807, 2.05) is 17.0 Å². The number of benzene rings is 1. The molecule has 0 bridgehead atoms. The lowest BCUT2D eigenvalue weighted by atomic mass is 10.00. The minimum absolute atomic E-state index is 0.0332. The molecule has 7 heteroatoms. The average Bonchev–Trinajstić information content (AvgIpc) is 2.68. The van der Waals surface area contributed by atoms with E-state index in [0.29, 0.717) is 37.4 Å². The molecule has 3 heterocycles. The summed E-state index contributed by atoms with van der Waals surface area (Å²) in [7, 11) is 0. The molecular formula is C18H19N5O2. The Labute approximate surface area is 145 Å². The predicted octanol–water partition coefficient (Wildman–Crippen LogP) is 1.32. The number of anilines is 2. The Morgan fingerprint density at radius 3 is 2.56 bits per heavy atom. The van der Waals surface area contributed by atoms with E-state index in [9.17, 15) is 9.59 Å². The second-order valence-electron chi connectivity index (χ2n) is 6.25. The van der Waals surface area contributed by atoms with E-state index in [0.717, 1.165) is 24.3 Å². The maximum atomic E-state index is 12.8. The van der Waals surface area contributed by atoms with Gasteiger partial charge < -0.3 is 15.1 Å². The summed E-state index contributed by atoms with van der Waals surface area (Å²) in [6, 6.07) is 7.32. The summed E-state index contributed by atoms with van der Waals surface area (Å²) in [4.78, 5) is 36.7. The molecule has 0 saturated carbocycles. The van der Waals surface area contributed by atoms with Crippen molar-refractivity contribution >= 4 is 23.5 Å². The largest absolute Gasteiger partial charge is 0.337 e. The van der Waals surface area contributed by atoms with Crippen LogP contribution in [0.4, 0.5) is 11.6 Å². The van der Waals surface area contributed by atoms with Crippen molar-refractivity contribution < 1.29 is 9.59 Å². The highest BCUT2D eigenvalue weighted by molar-refractivity contribution is 5.98. The third kappa shape index (κ3) is 3.17. The third-order valence-corrected chi connectivity index (χ3v) is 4.65. The molecule has 0 radical (unpaired) electrons. The van der Waals surface area contributed by atoms with Crippen LogP contribution >= 0.6 is 0 Å². The number of amides is 2. The van der Waals surface area contributed by atoms with E-state index in [1.54, 1.807) is 24.5 Å². The standard InChI is InChI=1S/C18H19N5O2/c24-16-5-3-13-12-14(2-4-15(13)21-16)17(25)22-8-10-23(11-9-22)18-19-6-1-7-20-18/h1-2,4,6-7,12H,3,5,8-11H2,(H,21,24). The van der Waals surface area contributed by atoms with Gasteiger partial charge in [0.05, 0.1) is 0 Å². The van der Waals surface area contributed by atoms with E-state index >= 15 is 0 Å². The van der Waals surface area contributed by atoms with Gasteiger partial charge in [0.2, 0.25) is 11.9 Å². The van der Waals surface area contributed by atoms with Crippen LogP contribution in [0.25, 0.3) is 0 Å². The van der Waals surface area contributed by atoms with Crippen LogP contribution in [0.2, 0.25) is 0 Å². The van der Waals surface area contributed by atoms with Gasteiger partial charge in [-0.1, -0.05) is 0 Å². The molecule has 2 aliphatic heterocycles. The van der Waals surface area contributed by atoms with Gasteiger partial charge in [-0.2, -0.15) is 0 Å². The Balaban J connectivity index is 1.43. The molecule has 2 aromatic rings. The number of nitrogens with one attached hydrogen (secondary N) is 1. The highest BCUT2D eigenvalue weighted by atomic mass is 16.2. The maximum Gasteiger partial charge on any atom is 0.253 e. The number of aromatic nitrogens is 2. The van der Waals surface area contributed by atoms with E-state index in [4.69, 9.17) is 0 Å². The SMILES string of the molecule is O=C1CCc2cc(C(=O)N3CCN(c4ncccn4)CC3)ccc2N1. The molecule has 0 atom stereocenters. The molecule has 1 N–H and O–H groups in total. The zero-order chi connectivity index (χ0) is 17.2. The summed E-state index contributed by atoms with van der Waals surface area (Å²) < 4.78 is 0. The van der Waals surface area contributed by atoms with Crippen LogP contribution in [0.15, 0.2) is 36.7 Å². The molecule has 2 aliphatic rings. The van der Waals surface area contributed by atoms with Crippen LogP contribution in [0, 0.1) is 0 Å². The van der Waals surface area contributed by atoms with Crippen molar-refractivity contribution in [2.75, 3.05) is 36.4 Å². The molecule has 1 fully saturated rings. The predicted molar refractivity (Wildman–Crippen MR) is 93.5 cm³/mol. The lowest BCUT2D eigenvalue weighted by Crippen LogP contribution is -2.49. The topological polar surface area (TPSA) is 78.4 Å². The first-order chi connectivity index (χ1) is 12.2. The van der Waals surface area contributed by atoms with E-state index < -0.39 is 0 Å². The molecule has 7 nitrogen and oxygen atoms in total. The second kappa shape index (κ2) is 6.51. The van der Waals surface area contributed by atoms with Gasteiger partial charge >= 0.3 is 0 Å². The number of aryl methyl sites for hydroxylation is 1. The van der Waals surface area contributed by atoms with Crippen molar-refractivity contribution in [2.24, 2.45) is 0 Å². The number of fused-ring (bicyclic) bond motifs is 1. The summed E-state index contributed by atoms with van der Waals surface area (Å²) in [5, 5.41) is 2.85. The van der Waals surface area contributed by atoms with Gasteiger partial charge in [-0.15, -0.1) is 0 Å². The number of hydrogen-bond donors (Lipinski definition) is 1. The smallest absolute Gasteiger partial charge is 0.253 e. The Bertz CT molecular complexity index is 800. The minimum Gasteiger partial charge on any atom is -0.337 e. The minimum atomic E-state index is 0.0332. The zero-order valence-corrected chi connectivity index (χ0v) is 13.8.